The number of hydrogen-bond donors (Lipinski definition) is 1. The summed E-state index contributed by atoms with van der Waals surface area (Å²) in [6.45, 7) is 2.04. The van der Waals surface area contributed by atoms with Crippen molar-refractivity contribution in [2.24, 2.45) is 5.10 Å². The first-order valence-electron chi connectivity index (χ1n) is 6.54. The van der Waals surface area contributed by atoms with Crippen LogP contribution in [0.4, 0.5) is 10.1 Å². The highest BCUT2D eigenvalue weighted by atomic mass is 32.2. The van der Waals surface area contributed by atoms with Gasteiger partial charge in [-0.2, -0.15) is 5.10 Å². The molecule has 0 saturated heterocycles. The molecule has 2 aromatic carbocycles. The number of thioether (sulfide) groups is 1. The topological polar surface area (TPSA) is 24.4 Å². The van der Waals surface area contributed by atoms with Crippen molar-refractivity contribution in [2.75, 3.05) is 11.2 Å². The lowest BCUT2D eigenvalue weighted by atomic mass is 10.1. The number of nitrogens with one attached hydrogen (secondary N) is 1. The van der Waals surface area contributed by atoms with Crippen LogP contribution in [0, 0.1) is 12.7 Å². The highest BCUT2D eigenvalue weighted by Crippen LogP contribution is 2.30. The van der Waals surface area contributed by atoms with Crippen molar-refractivity contribution in [3.05, 3.63) is 59.4 Å². The monoisotopic (exact) mass is 286 g/mol. The van der Waals surface area contributed by atoms with Gasteiger partial charge in [-0.1, -0.05) is 12.1 Å². The third-order valence-corrected chi connectivity index (χ3v) is 4.26. The summed E-state index contributed by atoms with van der Waals surface area (Å²) in [5, 5.41) is 4.46. The van der Waals surface area contributed by atoms with E-state index in [0.29, 0.717) is 0 Å². The van der Waals surface area contributed by atoms with Gasteiger partial charge in [0.2, 0.25) is 0 Å². The summed E-state index contributed by atoms with van der Waals surface area (Å²) in [7, 11) is 0. The molecule has 0 radical (unpaired) electrons. The van der Waals surface area contributed by atoms with Crippen molar-refractivity contribution in [2.45, 2.75) is 18.2 Å². The van der Waals surface area contributed by atoms with Crippen molar-refractivity contribution < 1.29 is 4.39 Å². The molecule has 0 amide bonds. The standard InChI is InChI=1S/C16H15FN2S/c1-11-3-2-4-13(9-11)18-19-15-7-8-20-16-6-5-12(17)10-14(15)16/h2-6,9-10,18H,7-8H2,1H3. The van der Waals surface area contributed by atoms with Crippen LogP contribution in [0.2, 0.25) is 0 Å². The molecule has 3 rings (SSSR count). The van der Waals surface area contributed by atoms with Crippen molar-refractivity contribution in [1.29, 1.82) is 0 Å². The quantitative estimate of drug-likeness (QED) is 0.825. The molecule has 1 aliphatic rings. The maximum absolute atomic E-state index is 13.4. The molecule has 20 heavy (non-hydrogen) atoms. The first kappa shape index (κ1) is 13.2. The molecule has 1 N–H and O–H groups in total. The minimum absolute atomic E-state index is 0.213. The Labute approximate surface area is 122 Å². The fourth-order valence-electron chi connectivity index (χ4n) is 2.21. The van der Waals surface area contributed by atoms with Crippen molar-refractivity contribution >= 4 is 23.2 Å². The smallest absolute Gasteiger partial charge is 0.123 e. The summed E-state index contributed by atoms with van der Waals surface area (Å²) in [6, 6.07) is 12.9. The second kappa shape index (κ2) is 5.67. The first-order chi connectivity index (χ1) is 9.72. The van der Waals surface area contributed by atoms with Crippen LogP contribution >= 0.6 is 11.8 Å². The second-order valence-corrected chi connectivity index (χ2v) is 5.92. The number of hydrazone groups is 1. The average molecular weight is 286 g/mol. The number of halogens is 1. The second-order valence-electron chi connectivity index (χ2n) is 4.78. The summed E-state index contributed by atoms with van der Waals surface area (Å²) in [4.78, 5) is 1.10. The molecular weight excluding hydrogens is 271 g/mol. The third kappa shape index (κ3) is 2.85. The van der Waals surface area contributed by atoms with E-state index in [9.17, 15) is 4.39 Å². The molecule has 1 heterocycles. The summed E-state index contributed by atoms with van der Waals surface area (Å²) in [6.07, 6.45) is 0.847. The molecule has 0 aliphatic carbocycles. The van der Waals surface area contributed by atoms with Gasteiger partial charge in [-0.3, -0.25) is 5.43 Å². The lowest BCUT2D eigenvalue weighted by molar-refractivity contribution is 0.626. The van der Waals surface area contributed by atoms with Gasteiger partial charge in [-0.05, 0) is 42.8 Å². The molecule has 0 aromatic heterocycles. The Morgan fingerprint density at radius 3 is 2.95 bits per heavy atom. The van der Waals surface area contributed by atoms with Crippen molar-refractivity contribution in [1.82, 2.24) is 0 Å². The van der Waals surface area contributed by atoms with E-state index >= 15 is 0 Å². The molecule has 0 atom stereocenters. The van der Waals surface area contributed by atoms with Crippen LogP contribution in [-0.4, -0.2) is 11.5 Å². The maximum Gasteiger partial charge on any atom is 0.123 e. The van der Waals surface area contributed by atoms with Gasteiger partial charge < -0.3 is 0 Å². The average Bonchev–Trinajstić information content (AvgIpc) is 2.45. The van der Waals surface area contributed by atoms with Gasteiger partial charge >= 0.3 is 0 Å². The third-order valence-electron chi connectivity index (χ3n) is 3.19. The highest BCUT2D eigenvalue weighted by Gasteiger charge is 2.16. The van der Waals surface area contributed by atoms with Crippen LogP contribution in [0.3, 0.4) is 0 Å². The Morgan fingerprint density at radius 2 is 2.10 bits per heavy atom. The molecule has 0 spiro atoms. The van der Waals surface area contributed by atoms with E-state index in [1.54, 1.807) is 17.8 Å². The lowest BCUT2D eigenvalue weighted by Crippen LogP contribution is -2.12. The van der Waals surface area contributed by atoms with E-state index < -0.39 is 0 Å². The minimum atomic E-state index is -0.213. The van der Waals surface area contributed by atoms with E-state index in [-0.39, 0.29) is 5.82 Å². The maximum atomic E-state index is 13.4. The van der Waals surface area contributed by atoms with Crippen molar-refractivity contribution in [3.63, 3.8) is 0 Å². The minimum Gasteiger partial charge on any atom is -0.278 e. The van der Waals surface area contributed by atoms with Crippen LogP contribution in [0.1, 0.15) is 17.5 Å². The summed E-state index contributed by atoms with van der Waals surface area (Å²) in [5.74, 6) is 0.766. The number of hydrogen-bond acceptors (Lipinski definition) is 3. The Hall–Kier alpha value is -1.81. The Bertz CT molecular complexity index is 667. The number of aryl methyl sites for hydroxylation is 1. The molecule has 0 unspecified atom stereocenters. The number of nitrogens with zero attached hydrogens (tertiary/aromatic N) is 1. The van der Waals surface area contributed by atoms with Gasteiger partial charge in [0.1, 0.15) is 5.82 Å². The number of rotatable bonds is 2. The summed E-state index contributed by atoms with van der Waals surface area (Å²) in [5.41, 5.74) is 7.03. The van der Waals surface area contributed by atoms with Crippen LogP contribution in [0.25, 0.3) is 0 Å². The number of benzene rings is 2. The highest BCUT2D eigenvalue weighted by molar-refractivity contribution is 7.99. The lowest BCUT2D eigenvalue weighted by Gasteiger charge is -2.17. The van der Waals surface area contributed by atoms with Gasteiger partial charge in [0.05, 0.1) is 11.4 Å². The van der Waals surface area contributed by atoms with Crippen molar-refractivity contribution in [3.8, 4) is 0 Å². The van der Waals surface area contributed by atoms with Crippen LogP contribution in [0.15, 0.2) is 52.5 Å². The molecular formula is C16H15FN2S. The fourth-order valence-corrected chi connectivity index (χ4v) is 3.22. The molecule has 102 valence electrons. The first-order valence-corrected chi connectivity index (χ1v) is 7.53. The molecule has 0 saturated carbocycles. The van der Waals surface area contributed by atoms with E-state index in [0.717, 1.165) is 34.0 Å². The predicted molar refractivity (Wildman–Crippen MR) is 83.1 cm³/mol. The van der Waals surface area contributed by atoms with Crippen LogP contribution < -0.4 is 5.43 Å². The Kier molecular flexibility index (Phi) is 3.74. The molecule has 2 aromatic rings. The van der Waals surface area contributed by atoms with Crippen LogP contribution in [0.5, 0.6) is 0 Å². The fraction of sp³-hybridized carbons (Fsp3) is 0.188. The summed E-state index contributed by atoms with van der Waals surface area (Å²) >= 11 is 1.75. The molecule has 1 aliphatic heterocycles. The van der Waals surface area contributed by atoms with Gasteiger partial charge in [-0.25, -0.2) is 4.39 Å². The van der Waals surface area contributed by atoms with E-state index in [1.165, 1.54) is 11.6 Å². The van der Waals surface area contributed by atoms with E-state index in [1.807, 2.05) is 37.3 Å². The SMILES string of the molecule is Cc1cccc(NN=C2CCSc3ccc(F)cc32)c1. The Morgan fingerprint density at radius 1 is 1.20 bits per heavy atom. The van der Waals surface area contributed by atoms with Gasteiger partial charge in [0.25, 0.3) is 0 Å². The zero-order chi connectivity index (χ0) is 13.9. The van der Waals surface area contributed by atoms with Crippen LogP contribution in [-0.2, 0) is 0 Å². The van der Waals surface area contributed by atoms with E-state index in [4.69, 9.17) is 0 Å². The van der Waals surface area contributed by atoms with E-state index in [2.05, 4.69) is 10.5 Å². The Balaban J connectivity index is 1.88. The summed E-state index contributed by atoms with van der Waals surface area (Å²) < 4.78 is 13.4. The zero-order valence-electron chi connectivity index (χ0n) is 11.2. The molecule has 0 fully saturated rings. The molecule has 2 nitrogen and oxygen atoms in total. The largest absolute Gasteiger partial charge is 0.278 e. The number of anilines is 1. The molecule has 0 bridgehead atoms. The zero-order valence-corrected chi connectivity index (χ0v) is 12.0. The molecule has 4 heteroatoms. The van der Waals surface area contributed by atoms with Gasteiger partial charge in [-0.15, -0.1) is 11.8 Å². The van der Waals surface area contributed by atoms with Gasteiger partial charge in [0, 0.05) is 22.6 Å². The van der Waals surface area contributed by atoms with Gasteiger partial charge in [0.15, 0.2) is 0 Å². The predicted octanol–water partition coefficient (Wildman–Crippen LogP) is 4.45. The number of fused-ring (bicyclic) bond motifs is 1. The normalized spacial score (nSPS) is 16.0.